The highest BCUT2D eigenvalue weighted by Gasteiger charge is 2.23. The van der Waals surface area contributed by atoms with Crippen molar-refractivity contribution in [1.82, 2.24) is 9.97 Å². The summed E-state index contributed by atoms with van der Waals surface area (Å²) in [5.41, 5.74) is 20.6. The average molecular weight is 1020 g/mol. The largest absolute Gasteiger partial charge is 0.246 e. The number of nitrogens with zero attached hydrogens (tertiary/aromatic N) is 2. The molecule has 0 spiro atoms. The molecule has 2 nitrogen and oxygen atoms in total. The van der Waals surface area contributed by atoms with Crippen molar-refractivity contribution in [3.05, 3.63) is 273 Å². The summed E-state index contributed by atoms with van der Waals surface area (Å²) in [4.78, 5) is 11.2. The molecule has 2 heterocycles. The van der Waals surface area contributed by atoms with E-state index in [0.717, 1.165) is 55.4 Å². The lowest BCUT2D eigenvalue weighted by Crippen LogP contribution is -2.23. The Labute approximate surface area is 452 Å². The van der Waals surface area contributed by atoms with E-state index in [4.69, 9.17) is 9.97 Å². The molecule has 76 heavy (non-hydrogen) atoms. The number of aryl methyl sites for hydroxylation is 8. The zero-order chi connectivity index (χ0) is 52.5. The van der Waals surface area contributed by atoms with Crippen LogP contribution in [0.25, 0.3) is 68.4 Å². The summed E-state index contributed by atoms with van der Waals surface area (Å²) in [7, 11) is -1.76. The molecule has 0 aliphatic rings. The van der Waals surface area contributed by atoms with Crippen LogP contribution in [0.2, 0.25) is 0 Å². The Morgan fingerprint density at radius 3 is 0.895 bits per heavy atom. The zero-order valence-electron chi connectivity index (χ0n) is 44.7. The van der Waals surface area contributed by atoms with E-state index in [1.54, 1.807) is 0 Å². The average Bonchev–Trinajstić information content (AvgIpc) is 3.47. The number of pyridine rings is 2. The van der Waals surface area contributed by atoms with E-state index in [-0.39, 0.29) is 0 Å². The number of rotatable bonds is 12. The van der Waals surface area contributed by atoms with Crippen LogP contribution in [0.4, 0.5) is 0 Å². The Morgan fingerprint density at radius 2 is 0.579 bits per heavy atom. The first-order valence-corrected chi connectivity index (χ1v) is 29.0. The van der Waals surface area contributed by atoms with E-state index in [1.165, 1.54) is 87.5 Å². The van der Waals surface area contributed by atoms with E-state index >= 15 is 0 Å². The molecule has 0 bridgehead atoms. The molecule has 9 aromatic carbocycles. The van der Waals surface area contributed by atoms with Crippen LogP contribution >= 0.6 is 15.8 Å². The maximum atomic E-state index is 5.60. The van der Waals surface area contributed by atoms with Crippen molar-refractivity contribution in [3.8, 4) is 22.3 Å². The first-order chi connectivity index (χ1) is 36.9. The Balaban J connectivity index is 1.09. The molecule has 0 saturated heterocycles. The lowest BCUT2D eigenvalue weighted by molar-refractivity contribution is 1.34. The molecule has 2 aromatic heterocycles. The van der Waals surface area contributed by atoms with Gasteiger partial charge in [0.2, 0.25) is 0 Å². The van der Waals surface area contributed by atoms with Crippen molar-refractivity contribution in [2.24, 2.45) is 0 Å². The first-order valence-electron chi connectivity index (χ1n) is 26.3. The summed E-state index contributed by atoms with van der Waals surface area (Å²) in [5, 5.41) is 10.2. The molecule has 370 valence electrons. The molecule has 0 amide bonds. The normalized spacial score (nSPS) is 11.8. The minimum atomic E-state index is -0.879. The fourth-order valence-corrected chi connectivity index (χ4v) is 16.7. The van der Waals surface area contributed by atoms with Gasteiger partial charge in [-0.2, -0.15) is 0 Å². The van der Waals surface area contributed by atoms with Gasteiger partial charge < -0.3 is 0 Å². The molecule has 0 unspecified atom stereocenters. The summed E-state index contributed by atoms with van der Waals surface area (Å²) in [6.07, 6.45) is 8.98. The number of hydrogen-bond acceptors (Lipinski definition) is 2. The summed E-state index contributed by atoms with van der Waals surface area (Å²) in [6, 6.07) is 76.5. The van der Waals surface area contributed by atoms with Crippen molar-refractivity contribution in [2.75, 3.05) is 0 Å². The smallest absolute Gasteiger partial charge is 0.0978 e. The summed E-state index contributed by atoms with van der Waals surface area (Å²) in [6.45, 7) is 17.7. The fourth-order valence-electron chi connectivity index (χ4n) is 11.1. The lowest BCUT2D eigenvalue weighted by Gasteiger charge is -2.23. The van der Waals surface area contributed by atoms with Crippen molar-refractivity contribution in [1.29, 1.82) is 0 Å². The van der Waals surface area contributed by atoms with Gasteiger partial charge in [-0.15, -0.1) is 0 Å². The van der Waals surface area contributed by atoms with E-state index in [2.05, 4.69) is 286 Å². The third kappa shape index (κ3) is 10.8. The summed E-state index contributed by atoms with van der Waals surface area (Å²) >= 11 is 0. The van der Waals surface area contributed by atoms with Crippen molar-refractivity contribution >= 4 is 93.8 Å². The zero-order valence-corrected chi connectivity index (χ0v) is 46.5. The third-order valence-electron chi connectivity index (χ3n) is 14.0. The number of aromatic nitrogens is 2. The summed E-state index contributed by atoms with van der Waals surface area (Å²) < 4.78 is 0. The molecule has 0 aliphatic carbocycles. The van der Waals surface area contributed by atoms with E-state index in [0.29, 0.717) is 0 Å². The predicted molar refractivity (Wildman–Crippen MR) is 334 cm³/mol. The second-order valence-corrected chi connectivity index (χ2v) is 25.0. The molecule has 0 N–H and O–H groups in total. The second kappa shape index (κ2) is 21.8. The standard InChI is InChI=1S/C72H62N2P2/c1-47-33-48(2)38-61(37-47)75(62-39-49(3)34-50(4)40-62)69-25-17-15-23-57(69)27-29-59-45-67(55-19-11-9-12-20-55)65-31-32-66-68(56-21-13-10-14-22-56)46-60(74-72(66)71(65)73-59)30-28-58-24-16-18-26-70(58)76(63-41-51(5)35-52(6)42-63)64-43-53(7)36-54(8)44-64/h9-46H,1-8H3. The molecule has 0 atom stereocenters. The second-order valence-electron chi connectivity index (χ2n) is 20.6. The van der Waals surface area contributed by atoms with Gasteiger partial charge in [-0.1, -0.05) is 251 Å². The van der Waals surface area contributed by atoms with Crippen LogP contribution in [0.1, 0.15) is 67.0 Å². The van der Waals surface area contributed by atoms with Crippen molar-refractivity contribution in [2.45, 2.75) is 55.4 Å². The fraction of sp³-hybridized carbons (Fsp3) is 0.111. The Bertz CT molecular complexity index is 3590. The maximum Gasteiger partial charge on any atom is 0.0978 e. The van der Waals surface area contributed by atoms with Gasteiger partial charge >= 0.3 is 0 Å². The third-order valence-corrected chi connectivity index (χ3v) is 18.9. The number of fused-ring (bicyclic) bond motifs is 3. The van der Waals surface area contributed by atoms with Crippen LogP contribution in [-0.4, -0.2) is 9.97 Å². The highest BCUT2D eigenvalue weighted by molar-refractivity contribution is 7.80. The molecule has 11 rings (SSSR count). The van der Waals surface area contributed by atoms with Gasteiger partial charge in [0.15, 0.2) is 0 Å². The number of hydrogen-bond donors (Lipinski definition) is 0. The van der Waals surface area contributed by atoms with Gasteiger partial charge in [-0.3, -0.25) is 0 Å². The molecular formula is C72H62N2P2. The van der Waals surface area contributed by atoms with Gasteiger partial charge in [0.25, 0.3) is 0 Å². The minimum absolute atomic E-state index is 0.875. The van der Waals surface area contributed by atoms with E-state index in [9.17, 15) is 0 Å². The van der Waals surface area contributed by atoms with Gasteiger partial charge in [-0.25, -0.2) is 9.97 Å². The van der Waals surface area contributed by atoms with Crippen molar-refractivity contribution < 1.29 is 0 Å². The molecule has 4 heteroatoms. The maximum absolute atomic E-state index is 5.60. The van der Waals surface area contributed by atoms with Gasteiger partial charge in [0, 0.05) is 10.8 Å². The quantitative estimate of drug-likeness (QED) is 0.0900. The predicted octanol–water partition coefficient (Wildman–Crippen LogP) is 16.4. The molecule has 0 aliphatic heterocycles. The van der Waals surface area contributed by atoms with Gasteiger partial charge in [0.05, 0.1) is 22.4 Å². The molecule has 0 radical (unpaired) electrons. The van der Waals surface area contributed by atoms with Crippen LogP contribution in [0.5, 0.6) is 0 Å². The van der Waals surface area contributed by atoms with Crippen LogP contribution < -0.4 is 31.8 Å². The topological polar surface area (TPSA) is 25.8 Å². The molecule has 11 aromatic rings. The van der Waals surface area contributed by atoms with Gasteiger partial charge in [0.1, 0.15) is 0 Å². The van der Waals surface area contributed by atoms with Gasteiger partial charge in [-0.05, 0) is 161 Å². The van der Waals surface area contributed by atoms with Crippen LogP contribution in [-0.2, 0) is 0 Å². The lowest BCUT2D eigenvalue weighted by atomic mass is 9.95. The minimum Gasteiger partial charge on any atom is -0.246 e. The van der Waals surface area contributed by atoms with Crippen LogP contribution in [0.15, 0.2) is 206 Å². The van der Waals surface area contributed by atoms with E-state index < -0.39 is 15.8 Å². The van der Waals surface area contributed by atoms with E-state index in [1.807, 2.05) is 0 Å². The highest BCUT2D eigenvalue weighted by Crippen LogP contribution is 2.40. The molecular weight excluding hydrogens is 955 g/mol. The number of benzene rings is 9. The Hall–Kier alpha value is -7.86. The van der Waals surface area contributed by atoms with Crippen LogP contribution in [0, 0.1) is 55.4 Å². The Morgan fingerprint density at radius 1 is 0.289 bits per heavy atom. The molecule has 0 saturated carbocycles. The molecule has 0 fully saturated rings. The Kier molecular flexibility index (Phi) is 14.4. The van der Waals surface area contributed by atoms with Crippen LogP contribution in [0.3, 0.4) is 0 Å². The van der Waals surface area contributed by atoms with Crippen molar-refractivity contribution in [3.63, 3.8) is 0 Å². The summed E-state index contributed by atoms with van der Waals surface area (Å²) in [5.74, 6) is 0. The monoisotopic (exact) mass is 1020 g/mol. The first kappa shape index (κ1) is 50.3. The SMILES string of the molecule is Cc1cc(C)cc(P(c2cc(C)cc(C)c2)c2ccccc2C=Cc2cc(-c3ccccc3)c3ccc4c(-c5ccccc5)cc(C=Cc5ccccc5P(c5cc(C)cc(C)c5)c5cc(C)cc(C)c5)nc4c3n2)c1. The highest BCUT2D eigenvalue weighted by atomic mass is 31.1.